The number of rotatable bonds is 12. The molecule has 0 aliphatic rings. The fourth-order valence-electron chi connectivity index (χ4n) is 1.41. The Morgan fingerprint density at radius 1 is 0.818 bits per heavy atom. The highest BCUT2D eigenvalue weighted by Crippen LogP contribution is 2.02. The van der Waals surface area contributed by atoms with Crippen LogP contribution in [0.4, 0.5) is 0 Å². The van der Waals surface area contributed by atoms with E-state index in [1.54, 1.807) is 34.6 Å². The smallest absolute Gasteiger partial charge is 0.415 e. The molecular formula is C11H26N6O5. The minimum Gasteiger partial charge on any atom is -0.569 e. The van der Waals surface area contributed by atoms with Crippen LogP contribution in [0.15, 0.2) is 10.6 Å². The maximum atomic E-state index is 11.6. The third-order valence-corrected chi connectivity index (χ3v) is 2.65. The largest absolute Gasteiger partial charge is 0.569 e. The van der Waals surface area contributed by atoms with Gasteiger partial charge in [-0.3, -0.25) is 9.68 Å². The highest BCUT2D eigenvalue weighted by molar-refractivity contribution is 4.30. The lowest BCUT2D eigenvalue weighted by Crippen LogP contribution is -2.32. The minimum absolute atomic E-state index is 0.226. The zero-order valence-corrected chi connectivity index (χ0v) is 13.8. The fourth-order valence-corrected chi connectivity index (χ4v) is 1.41. The van der Waals surface area contributed by atoms with Crippen LogP contribution in [0.1, 0.15) is 34.6 Å². The monoisotopic (exact) mass is 322 g/mol. The molecule has 11 heteroatoms. The second-order valence-corrected chi connectivity index (χ2v) is 3.90. The zero-order valence-electron chi connectivity index (χ0n) is 13.8. The van der Waals surface area contributed by atoms with E-state index in [9.17, 15) is 10.4 Å². The van der Waals surface area contributed by atoms with Crippen molar-refractivity contribution in [2.75, 3.05) is 32.8 Å². The van der Waals surface area contributed by atoms with Crippen molar-refractivity contribution in [1.29, 1.82) is 0 Å². The first kappa shape index (κ1) is 20.0. The van der Waals surface area contributed by atoms with E-state index in [2.05, 4.69) is 10.6 Å². The Labute approximate surface area is 130 Å². The summed E-state index contributed by atoms with van der Waals surface area (Å²) in [5, 5.41) is 32.5. The van der Waals surface area contributed by atoms with Crippen LogP contribution in [0.3, 0.4) is 0 Å². The van der Waals surface area contributed by atoms with Gasteiger partial charge >= 0.3 is 6.48 Å². The highest BCUT2D eigenvalue weighted by Gasteiger charge is 2.17. The second-order valence-electron chi connectivity index (χ2n) is 3.90. The van der Waals surface area contributed by atoms with Crippen molar-refractivity contribution in [3.05, 3.63) is 10.4 Å². The van der Waals surface area contributed by atoms with Crippen LogP contribution in [0, 0.1) is 10.4 Å². The molecule has 0 bridgehead atoms. The summed E-state index contributed by atoms with van der Waals surface area (Å²) in [5.41, 5.74) is 0. The van der Waals surface area contributed by atoms with E-state index in [4.69, 9.17) is 14.4 Å². The molecule has 0 N–H and O–H groups in total. The molecule has 130 valence electrons. The van der Waals surface area contributed by atoms with Crippen LogP contribution in [0.25, 0.3) is 0 Å². The molecule has 0 radical (unpaired) electrons. The van der Waals surface area contributed by atoms with Crippen LogP contribution in [0.5, 0.6) is 0 Å². The lowest BCUT2D eigenvalue weighted by atomic mass is 10.6. The topological polar surface area (TPSA) is 111 Å². The van der Waals surface area contributed by atoms with E-state index in [0.29, 0.717) is 26.2 Å². The predicted molar refractivity (Wildman–Crippen MR) is 75.5 cm³/mol. The Morgan fingerprint density at radius 3 is 1.45 bits per heavy atom. The van der Waals surface area contributed by atoms with Crippen LogP contribution in [-0.4, -0.2) is 59.2 Å². The first-order valence-corrected chi connectivity index (χ1v) is 7.33. The maximum Gasteiger partial charge on any atom is 0.415 e. The van der Waals surface area contributed by atoms with E-state index >= 15 is 0 Å². The van der Waals surface area contributed by atoms with Crippen molar-refractivity contribution in [1.82, 2.24) is 10.0 Å². The van der Waals surface area contributed by atoms with E-state index in [1.807, 2.05) is 0 Å². The van der Waals surface area contributed by atoms with Gasteiger partial charge < -0.3 is 15.2 Å². The molecule has 0 rings (SSSR count). The van der Waals surface area contributed by atoms with Gasteiger partial charge in [0.15, 0.2) is 0 Å². The zero-order chi connectivity index (χ0) is 17.0. The molecule has 0 saturated heterocycles. The maximum absolute atomic E-state index is 11.6. The Kier molecular flexibility index (Phi) is 10.5. The van der Waals surface area contributed by atoms with Gasteiger partial charge in [0.25, 0.3) is 0 Å². The summed E-state index contributed by atoms with van der Waals surface area (Å²) >= 11 is 0. The number of ether oxygens (including phenoxy) is 1. The molecule has 0 unspecified atom stereocenters. The van der Waals surface area contributed by atoms with Crippen LogP contribution in [0.2, 0.25) is 0 Å². The Morgan fingerprint density at radius 2 is 1.18 bits per heavy atom. The van der Waals surface area contributed by atoms with E-state index < -0.39 is 6.48 Å². The Balaban J connectivity index is 4.67. The molecular weight excluding hydrogens is 296 g/mol. The quantitative estimate of drug-likeness (QED) is 0.232. The summed E-state index contributed by atoms with van der Waals surface area (Å²) in [6.45, 7) is 9.60. The summed E-state index contributed by atoms with van der Waals surface area (Å²) in [6.07, 6.45) is 0. The minimum atomic E-state index is -1.39. The van der Waals surface area contributed by atoms with Crippen molar-refractivity contribution in [2.24, 2.45) is 10.6 Å². The van der Waals surface area contributed by atoms with Gasteiger partial charge in [-0.15, -0.1) is 10.0 Å². The number of nitrogens with zero attached hydrogens (tertiary/aromatic N) is 6. The summed E-state index contributed by atoms with van der Waals surface area (Å²) < 4.78 is 5.04. The van der Waals surface area contributed by atoms with Gasteiger partial charge in [0, 0.05) is 0 Å². The van der Waals surface area contributed by atoms with E-state index in [0.717, 1.165) is 0 Å². The Hall–Kier alpha value is -2.04. The molecule has 0 aromatic rings. The fraction of sp³-hybridized carbons (Fsp3) is 1.00. The third kappa shape index (κ3) is 7.11. The average molecular weight is 322 g/mol. The molecule has 0 aromatic carbocycles. The van der Waals surface area contributed by atoms with Crippen LogP contribution in [-0.2, 0) is 14.4 Å². The van der Waals surface area contributed by atoms with E-state index in [1.165, 1.54) is 10.0 Å². The molecule has 0 amide bonds. The second kappa shape index (κ2) is 11.6. The Bertz CT molecular complexity index is 316. The lowest BCUT2D eigenvalue weighted by Gasteiger charge is -2.16. The molecule has 0 aliphatic heterocycles. The first-order valence-electron chi connectivity index (χ1n) is 7.33. The van der Waals surface area contributed by atoms with Gasteiger partial charge in [0.05, 0.1) is 42.7 Å². The van der Waals surface area contributed by atoms with Crippen LogP contribution < -0.4 is 0 Å². The number of hydrazine groups is 2. The molecule has 0 aliphatic carbocycles. The van der Waals surface area contributed by atoms with Gasteiger partial charge in [-0.05, 0) is 34.6 Å². The van der Waals surface area contributed by atoms with Gasteiger partial charge in [-0.1, -0.05) is 0 Å². The number of hydrogen-bond acceptors (Lipinski definition) is 7. The van der Waals surface area contributed by atoms with Gasteiger partial charge in [0.1, 0.15) is 0 Å². The van der Waals surface area contributed by atoms with Gasteiger partial charge in [-0.25, -0.2) is 0 Å². The summed E-state index contributed by atoms with van der Waals surface area (Å²) in [4.78, 5) is 10.2. The van der Waals surface area contributed by atoms with Crippen molar-refractivity contribution in [3.63, 3.8) is 0 Å². The summed E-state index contributed by atoms with van der Waals surface area (Å²) in [7, 11) is 0. The summed E-state index contributed by atoms with van der Waals surface area (Å²) in [5.74, 6) is 0. The standard InChI is InChI=1S/C11H26N6O5/c1-6-14(7-2)16(18)12-21-11(20-10-5)22-13-17(19)15(8-3)9-4/h11H,6-10H2,1-5H3. The third-order valence-electron chi connectivity index (χ3n) is 2.65. The lowest BCUT2D eigenvalue weighted by molar-refractivity contribution is -0.724. The molecule has 0 heterocycles. The number of hydrogen-bond donors (Lipinski definition) is 0. The van der Waals surface area contributed by atoms with E-state index in [-0.39, 0.29) is 16.5 Å². The van der Waals surface area contributed by atoms with Gasteiger partial charge in [0.2, 0.25) is 10.6 Å². The molecule has 0 spiro atoms. The first-order chi connectivity index (χ1) is 10.5. The molecule has 0 atom stereocenters. The summed E-state index contributed by atoms with van der Waals surface area (Å²) in [6, 6.07) is 0. The average Bonchev–Trinajstić information content (AvgIpc) is 2.52. The van der Waals surface area contributed by atoms with Crippen molar-refractivity contribution >= 4 is 0 Å². The molecule has 11 nitrogen and oxygen atoms in total. The van der Waals surface area contributed by atoms with Crippen molar-refractivity contribution < 1.29 is 24.4 Å². The molecule has 0 saturated carbocycles. The molecule has 0 aromatic heterocycles. The highest BCUT2D eigenvalue weighted by atomic mass is 16.9. The van der Waals surface area contributed by atoms with Crippen molar-refractivity contribution in [2.45, 2.75) is 41.1 Å². The normalized spacial score (nSPS) is 13.7. The van der Waals surface area contributed by atoms with Crippen molar-refractivity contribution in [3.8, 4) is 0 Å². The SMILES string of the molecule is CCOC(ON=[N+]([O-])N(CC)CC)ON=[N+]([O-])N(CC)CC. The predicted octanol–water partition coefficient (Wildman–Crippen LogP) is 1.61. The molecule has 22 heavy (non-hydrogen) atoms. The molecule has 0 fully saturated rings. The van der Waals surface area contributed by atoms with Crippen LogP contribution >= 0.6 is 0 Å². The van der Waals surface area contributed by atoms with Gasteiger partial charge in [-0.2, -0.15) is 0 Å².